The smallest absolute Gasteiger partial charge is 0.319 e. The number of benzene rings is 1. The molecule has 0 fully saturated rings. The summed E-state index contributed by atoms with van der Waals surface area (Å²) in [5.74, 6) is -0.935. The van der Waals surface area contributed by atoms with E-state index in [-0.39, 0.29) is 11.8 Å². The van der Waals surface area contributed by atoms with Gasteiger partial charge in [-0.3, -0.25) is 4.79 Å². The van der Waals surface area contributed by atoms with Crippen molar-refractivity contribution >= 4 is 33.6 Å². The van der Waals surface area contributed by atoms with Gasteiger partial charge in [-0.1, -0.05) is 36.7 Å². The number of carboxylic acids is 1. The topological polar surface area (TPSA) is 78.4 Å². The Bertz CT molecular complexity index is 538. The molecule has 0 heterocycles. The normalized spacial score (nSPS) is 12.6. The number of carbonyl (C=O) groups excluding carboxylic acids is 1. The standard InChI is InChI=1S/C15H21BrN2O3/c1-9-7-10(16)5-6-11(9)17-14(21)18-12(8-13(19)20)15(2,3)4/h5-7,12H,8H2,1-4H3,(H,19,20)(H2,17,18,21). The van der Waals surface area contributed by atoms with Crippen LogP contribution < -0.4 is 10.6 Å². The summed E-state index contributed by atoms with van der Waals surface area (Å²) in [7, 11) is 0. The van der Waals surface area contributed by atoms with E-state index in [1.165, 1.54) is 0 Å². The Morgan fingerprint density at radius 3 is 2.43 bits per heavy atom. The zero-order valence-electron chi connectivity index (χ0n) is 12.7. The van der Waals surface area contributed by atoms with Crippen LogP contribution in [0.15, 0.2) is 22.7 Å². The molecule has 1 aromatic carbocycles. The van der Waals surface area contributed by atoms with Gasteiger partial charge in [0.25, 0.3) is 0 Å². The Balaban J connectivity index is 2.76. The van der Waals surface area contributed by atoms with E-state index in [4.69, 9.17) is 5.11 Å². The molecule has 0 aliphatic heterocycles. The molecule has 5 nitrogen and oxygen atoms in total. The zero-order chi connectivity index (χ0) is 16.2. The molecule has 0 saturated carbocycles. The van der Waals surface area contributed by atoms with E-state index in [2.05, 4.69) is 26.6 Å². The fourth-order valence-electron chi connectivity index (χ4n) is 1.83. The number of halogens is 1. The molecule has 0 radical (unpaired) electrons. The Morgan fingerprint density at radius 2 is 1.95 bits per heavy atom. The highest BCUT2D eigenvalue weighted by molar-refractivity contribution is 9.10. The molecule has 2 amide bonds. The molecule has 3 N–H and O–H groups in total. The van der Waals surface area contributed by atoms with E-state index >= 15 is 0 Å². The number of amides is 2. The molecule has 0 spiro atoms. The maximum atomic E-state index is 12.1. The van der Waals surface area contributed by atoms with E-state index in [9.17, 15) is 9.59 Å². The summed E-state index contributed by atoms with van der Waals surface area (Å²) in [6.45, 7) is 7.57. The zero-order valence-corrected chi connectivity index (χ0v) is 14.2. The summed E-state index contributed by atoms with van der Waals surface area (Å²) in [4.78, 5) is 23.0. The van der Waals surface area contributed by atoms with Gasteiger partial charge in [0.05, 0.1) is 6.42 Å². The SMILES string of the molecule is Cc1cc(Br)ccc1NC(=O)NC(CC(=O)O)C(C)(C)C. The summed E-state index contributed by atoms with van der Waals surface area (Å²) in [5, 5.41) is 14.4. The minimum Gasteiger partial charge on any atom is -0.481 e. The van der Waals surface area contributed by atoms with Crippen molar-refractivity contribution in [3.63, 3.8) is 0 Å². The monoisotopic (exact) mass is 356 g/mol. The average Bonchev–Trinajstić information content (AvgIpc) is 2.30. The number of aliphatic carboxylic acids is 1. The Kier molecular flexibility index (Phi) is 5.78. The molecule has 0 aliphatic carbocycles. The van der Waals surface area contributed by atoms with Crippen molar-refractivity contribution < 1.29 is 14.7 Å². The molecule has 0 aromatic heterocycles. The third kappa shape index (κ3) is 5.75. The molecular formula is C15H21BrN2O3. The van der Waals surface area contributed by atoms with Crippen molar-refractivity contribution in [2.75, 3.05) is 5.32 Å². The average molecular weight is 357 g/mol. The van der Waals surface area contributed by atoms with Gasteiger partial charge in [0.15, 0.2) is 0 Å². The number of rotatable bonds is 4. The molecular weight excluding hydrogens is 336 g/mol. The first-order valence-corrected chi connectivity index (χ1v) is 7.44. The third-order valence-corrected chi connectivity index (χ3v) is 3.66. The van der Waals surface area contributed by atoms with Crippen molar-refractivity contribution in [2.45, 2.75) is 40.2 Å². The van der Waals surface area contributed by atoms with Crippen LogP contribution in [0, 0.1) is 12.3 Å². The number of urea groups is 1. The minimum atomic E-state index is -0.935. The second-order valence-electron chi connectivity index (χ2n) is 6.07. The van der Waals surface area contributed by atoms with Gasteiger partial charge in [0.1, 0.15) is 0 Å². The first-order valence-electron chi connectivity index (χ1n) is 6.65. The number of carbonyl (C=O) groups is 2. The van der Waals surface area contributed by atoms with Crippen molar-refractivity contribution in [1.82, 2.24) is 5.32 Å². The van der Waals surface area contributed by atoms with Crippen molar-refractivity contribution in [1.29, 1.82) is 0 Å². The van der Waals surface area contributed by atoms with Gasteiger partial charge >= 0.3 is 12.0 Å². The van der Waals surface area contributed by atoms with Crippen molar-refractivity contribution in [2.24, 2.45) is 5.41 Å². The lowest BCUT2D eigenvalue weighted by atomic mass is 9.85. The van der Waals surface area contributed by atoms with Gasteiger partial charge in [-0.05, 0) is 36.1 Å². The molecule has 1 rings (SSSR count). The van der Waals surface area contributed by atoms with Crippen LogP contribution in [-0.4, -0.2) is 23.1 Å². The maximum Gasteiger partial charge on any atom is 0.319 e. The largest absolute Gasteiger partial charge is 0.481 e. The van der Waals surface area contributed by atoms with Crippen LogP contribution >= 0.6 is 15.9 Å². The van der Waals surface area contributed by atoms with Gasteiger partial charge < -0.3 is 15.7 Å². The lowest BCUT2D eigenvalue weighted by Gasteiger charge is -2.30. The van der Waals surface area contributed by atoms with Gasteiger partial charge in [-0.15, -0.1) is 0 Å². The molecule has 0 aliphatic rings. The number of hydrogen-bond acceptors (Lipinski definition) is 2. The van der Waals surface area contributed by atoms with E-state index in [0.29, 0.717) is 5.69 Å². The lowest BCUT2D eigenvalue weighted by Crippen LogP contribution is -2.46. The summed E-state index contributed by atoms with van der Waals surface area (Å²) in [6, 6.07) is 4.67. The number of carboxylic acid groups (broad SMARTS) is 1. The van der Waals surface area contributed by atoms with Gasteiger partial charge in [0, 0.05) is 16.2 Å². The van der Waals surface area contributed by atoms with Crippen LogP contribution in [0.4, 0.5) is 10.5 Å². The molecule has 116 valence electrons. The summed E-state index contributed by atoms with van der Waals surface area (Å²) in [6.07, 6.45) is -0.115. The van der Waals surface area contributed by atoms with Gasteiger partial charge in [-0.2, -0.15) is 0 Å². The Morgan fingerprint density at radius 1 is 1.33 bits per heavy atom. The summed E-state index contributed by atoms with van der Waals surface area (Å²) in [5.41, 5.74) is 1.27. The third-order valence-electron chi connectivity index (χ3n) is 3.17. The lowest BCUT2D eigenvalue weighted by molar-refractivity contribution is -0.138. The molecule has 21 heavy (non-hydrogen) atoms. The molecule has 1 atom stereocenters. The van der Waals surface area contributed by atoms with Crippen molar-refractivity contribution in [3.05, 3.63) is 28.2 Å². The van der Waals surface area contributed by atoms with Crippen LogP contribution in [0.3, 0.4) is 0 Å². The van der Waals surface area contributed by atoms with E-state index in [1.54, 1.807) is 6.07 Å². The number of anilines is 1. The number of aryl methyl sites for hydroxylation is 1. The van der Waals surface area contributed by atoms with E-state index in [1.807, 2.05) is 39.8 Å². The van der Waals surface area contributed by atoms with Gasteiger partial charge in [0.2, 0.25) is 0 Å². The molecule has 1 aromatic rings. The summed E-state index contributed by atoms with van der Waals surface area (Å²) < 4.78 is 0.935. The molecule has 0 bridgehead atoms. The van der Waals surface area contributed by atoms with Crippen molar-refractivity contribution in [3.8, 4) is 0 Å². The maximum absolute atomic E-state index is 12.1. The molecule has 1 unspecified atom stereocenters. The van der Waals surface area contributed by atoms with Crippen LogP contribution in [0.1, 0.15) is 32.8 Å². The van der Waals surface area contributed by atoms with E-state index < -0.39 is 18.0 Å². The first-order chi connectivity index (χ1) is 9.59. The predicted molar refractivity (Wildman–Crippen MR) is 86.5 cm³/mol. The fourth-order valence-corrected chi connectivity index (χ4v) is 2.31. The van der Waals surface area contributed by atoms with Crippen LogP contribution in [-0.2, 0) is 4.79 Å². The first kappa shape index (κ1) is 17.5. The summed E-state index contributed by atoms with van der Waals surface area (Å²) >= 11 is 3.36. The van der Waals surface area contributed by atoms with Crippen LogP contribution in [0.5, 0.6) is 0 Å². The highest BCUT2D eigenvalue weighted by Gasteiger charge is 2.28. The minimum absolute atomic E-state index is 0.115. The second kappa shape index (κ2) is 6.93. The van der Waals surface area contributed by atoms with Gasteiger partial charge in [-0.25, -0.2) is 4.79 Å². The Labute approximate surface area is 133 Å². The predicted octanol–water partition coefficient (Wildman–Crippen LogP) is 3.77. The number of nitrogens with one attached hydrogen (secondary N) is 2. The molecule has 0 saturated heterocycles. The fraction of sp³-hybridized carbons (Fsp3) is 0.467. The second-order valence-corrected chi connectivity index (χ2v) is 6.99. The van der Waals surface area contributed by atoms with E-state index in [0.717, 1.165) is 10.0 Å². The quantitative estimate of drug-likeness (QED) is 0.768. The van der Waals surface area contributed by atoms with Crippen LogP contribution in [0.25, 0.3) is 0 Å². The Hall–Kier alpha value is -1.56. The van der Waals surface area contributed by atoms with Crippen LogP contribution in [0.2, 0.25) is 0 Å². The highest BCUT2D eigenvalue weighted by atomic mass is 79.9. The molecule has 6 heteroatoms. The number of hydrogen-bond donors (Lipinski definition) is 3. The highest BCUT2D eigenvalue weighted by Crippen LogP contribution is 2.23.